The highest BCUT2D eigenvalue weighted by molar-refractivity contribution is 7.89. The second-order valence-electron chi connectivity index (χ2n) is 5.23. The van der Waals surface area contributed by atoms with Crippen LogP contribution in [0.2, 0.25) is 5.02 Å². The molecule has 0 bridgehead atoms. The van der Waals surface area contributed by atoms with Gasteiger partial charge in [0.05, 0.1) is 16.2 Å². The van der Waals surface area contributed by atoms with Gasteiger partial charge in [0.25, 0.3) is 0 Å². The van der Waals surface area contributed by atoms with Crippen molar-refractivity contribution in [2.45, 2.75) is 30.0 Å². The number of alkyl halides is 3. The minimum atomic E-state index is -4.66. The molecule has 0 amide bonds. The Bertz CT molecular complexity index is 658. The van der Waals surface area contributed by atoms with Crippen molar-refractivity contribution >= 4 is 21.6 Å². The SMILES string of the molecule is CC1(O)CCN(S(=O)(=O)c2cc(C(F)(F)F)ccc2Cl)C1. The van der Waals surface area contributed by atoms with Gasteiger partial charge in [-0.05, 0) is 31.5 Å². The quantitative estimate of drug-likeness (QED) is 0.897. The van der Waals surface area contributed by atoms with Crippen LogP contribution in [0.3, 0.4) is 0 Å². The van der Waals surface area contributed by atoms with Gasteiger partial charge in [0.15, 0.2) is 0 Å². The molecular formula is C12H13ClF3NO3S. The van der Waals surface area contributed by atoms with Crippen molar-refractivity contribution in [2.24, 2.45) is 0 Å². The number of hydrogen-bond donors (Lipinski definition) is 1. The van der Waals surface area contributed by atoms with Crippen molar-refractivity contribution in [2.75, 3.05) is 13.1 Å². The van der Waals surface area contributed by atoms with E-state index in [4.69, 9.17) is 11.6 Å². The molecule has 0 aromatic heterocycles. The lowest BCUT2D eigenvalue weighted by molar-refractivity contribution is -0.137. The van der Waals surface area contributed by atoms with Crippen LogP contribution in [0.15, 0.2) is 23.1 Å². The Morgan fingerprint density at radius 1 is 1.38 bits per heavy atom. The number of aliphatic hydroxyl groups is 1. The fraction of sp³-hybridized carbons (Fsp3) is 0.500. The first-order chi connectivity index (χ1) is 9.43. The largest absolute Gasteiger partial charge is 0.416 e. The zero-order valence-corrected chi connectivity index (χ0v) is 12.6. The van der Waals surface area contributed by atoms with E-state index in [0.717, 1.165) is 16.4 Å². The van der Waals surface area contributed by atoms with E-state index in [1.54, 1.807) is 0 Å². The summed E-state index contributed by atoms with van der Waals surface area (Å²) in [6, 6.07) is 2.15. The third-order valence-electron chi connectivity index (χ3n) is 3.29. The fourth-order valence-corrected chi connectivity index (χ4v) is 4.18. The normalized spacial score (nSPS) is 24.5. The summed E-state index contributed by atoms with van der Waals surface area (Å²) < 4.78 is 63.8. The molecule has 1 N–H and O–H groups in total. The maximum absolute atomic E-state index is 12.7. The predicted octanol–water partition coefficient (Wildman–Crippen LogP) is 2.50. The van der Waals surface area contributed by atoms with Crippen molar-refractivity contribution in [1.82, 2.24) is 4.31 Å². The highest BCUT2D eigenvalue weighted by Crippen LogP contribution is 2.35. The first kappa shape index (κ1) is 16.5. The molecule has 1 aliphatic rings. The number of rotatable bonds is 2. The Hall–Kier alpha value is -0.830. The first-order valence-electron chi connectivity index (χ1n) is 6.03. The molecule has 1 aromatic rings. The highest BCUT2D eigenvalue weighted by atomic mass is 35.5. The number of hydrogen-bond acceptors (Lipinski definition) is 3. The predicted molar refractivity (Wildman–Crippen MR) is 70.5 cm³/mol. The van der Waals surface area contributed by atoms with Gasteiger partial charge in [-0.2, -0.15) is 17.5 Å². The monoisotopic (exact) mass is 343 g/mol. The molecule has 1 aliphatic heterocycles. The minimum Gasteiger partial charge on any atom is -0.389 e. The summed E-state index contributed by atoms with van der Waals surface area (Å²) in [6.07, 6.45) is -4.45. The van der Waals surface area contributed by atoms with E-state index in [1.807, 2.05) is 0 Å². The van der Waals surface area contributed by atoms with Crippen LogP contribution in [-0.2, 0) is 16.2 Å². The minimum absolute atomic E-state index is 0.0297. The lowest BCUT2D eigenvalue weighted by atomic mass is 10.1. The molecule has 4 nitrogen and oxygen atoms in total. The van der Waals surface area contributed by atoms with Crippen LogP contribution in [0.1, 0.15) is 18.9 Å². The van der Waals surface area contributed by atoms with Crippen LogP contribution in [0.4, 0.5) is 13.2 Å². The molecule has 9 heteroatoms. The number of benzene rings is 1. The van der Waals surface area contributed by atoms with Gasteiger partial charge in [0.2, 0.25) is 10.0 Å². The molecule has 0 saturated carbocycles. The molecule has 1 fully saturated rings. The Balaban J connectivity index is 2.46. The molecule has 1 heterocycles. The standard InChI is InChI=1S/C12H13ClF3NO3S/c1-11(18)4-5-17(7-11)21(19,20)10-6-8(12(14,15)16)2-3-9(10)13/h2-3,6,18H,4-5,7H2,1H3. The Morgan fingerprint density at radius 3 is 2.48 bits per heavy atom. The van der Waals surface area contributed by atoms with Gasteiger partial charge in [-0.3, -0.25) is 0 Å². The van der Waals surface area contributed by atoms with Gasteiger partial charge in [0.1, 0.15) is 4.90 Å². The molecule has 0 radical (unpaired) electrons. The van der Waals surface area contributed by atoms with Gasteiger partial charge in [0, 0.05) is 13.1 Å². The van der Waals surface area contributed by atoms with Crippen LogP contribution in [-0.4, -0.2) is 36.5 Å². The van der Waals surface area contributed by atoms with E-state index in [0.29, 0.717) is 6.07 Å². The topological polar surface area (TPSA) is 57.6 Å². The van der Waals surface area contributed by atoms with Gasteiger partial charge in [-0.15, -0.1) is 0 Å². The second kappa shape index (κ2) is 5.12. The second-order valence-corrected chi connectivity index (χ2v) is 7.54. The van der Waals surface area contributed by atoms with Crippen LogP contribution < -0.4 is 0 Å². The first-order valence-corrected chi connectivity index (χ1v) is 7.85. The number of sulfonamides is 1. The summed E-state index contributed by atoms with van der Waals surface area (Å²) in [7, 11) is -4.18. The van der Waals surface area contributed by atoms with E-state index in [1.165, 1.54) is 6.92 Å². The molecule has 0 spiro atoms. The van der Waals surface area contributed by atoms with E-state index in [-0.39, 0.29) is 24.5 Å². The number of halogens is 4. The van der Waals surface area contributed by atoms with Crippen molar-refractivity contribution < 1.29 is 26.7 Å². The van der Waals surface area contributed by atoms with E-state index < -0.39 is 32.3 Å². The van der Waals surface area contributed by atoms with Crippen molar-refractivity contribution in [3.63, 3.8) is 0 Å². The molecule has 21 heavy (non-hydrogen) atoms. The zero-order valence-electron chi connectivity index (χ0n) is 11.0. The summed E-state index contributed by atoms with van der Waals surface area (Å²) in [4.78, 5) is -0.600. The van der Waals surface area contributed by atoms with Crippen molar-refractivity contribution in [3.8, 4) is 0 Å². The number of nitrogens with zero attached hydrogens (tertiary/aromatic N) is 1. The molecule has 0 aliphatic carbocycles. The van der Waals surface area contributed by atoms with Gasteiger partial charge >= 0.3 is 6.18 Å². The average molecular weight is 344 g/mol. The van der Waals surface area contributed by atoms with Crippen LogP contribution in [0.5, 0.6) is 0 Å². The summed E-state index contributed by atoms with van der Waals surface area (Å²) in [5, 5.41) is 9.53. The molecule has 1 atom stereocenters. The van der Waals surface area contributed by atoms with Crippen LogP contribution in [0.25, 0.3) is 0 Å². The lowest BCUT2D eigenvalue weighted by Gasteiger charge is -2.20. The molecule has 2 rings (SSSR count). The van der Waals surface area contributed by atoms with Crippen molar-refractivity contribution in [3.05, 3.63) is 28.8 Å². The number of β-amino-alcohol motifs (C(OH)–C–C–N with tert-alkyl or cyclic N) is 1. The van der Waals surface area contributed by atoms with Crippen LogP contribution >= 0.6 is 11.6 Å². The average Bonchev–Trinajstić information content (AvgIpc) is 2.69. The maximum atomic E-state index is 12.7. The van der Waals surface area contributed by atoms with Gasteiger partial charge in [-0.25, -0.2) is 8.42 Å². The molecule has 1 unspecified atom stereocenters. The van der Waals surface area contributed by atoms with Crippen LogP contribution in [0, 0.1) is 0 Å². The third-order valence-corrected chi connectivity index (χ3v) is 5.62. The molecule has 1 aromatic carbocycles. The Labute approximate surface area is 125 Å². The van der Waals surface area contributed by atoms with E-state index in [2.05, 4.69) is 0 Å². The Morgan fingerprint density at radius 2 is 2.00 bits per heavy atom. The fourth-order valence-electron chi connectivity index (χ4n) is 2.13. The maximum Gasteiger partial charge on any atom is 0.416 e. The van der Waals surface area contributed by atoms with E-state index >= 15 is 0 Å². The summed E-state index contributed by atoms with van der Waals surface area (Å²) in [6.45, 7) is 1.32. The summed E-state index contributed by atoms with van der Waals surface area (Å²) >= 11 is 5.74. The van der Waals surface area contributed by atoms with Crippen molar-refractivity contribution in [1.29, 1.82) is 0 Å². The zero-order chi connectivity index (χ0) is 16.1. The third kappa shape index (κ3) is 3.33. The van der Waals surface area contributed by atoms with Gasteiger partial charge < -0.3 is 5.11 Å². The molecule has 118 valence electrons. The summed E-state index contributed by atoms with van der Waals surface area (Å²) in [5.74, 6) is 0. The summed E-state index contributed by atoms with van der Waals surface area (Å²) in [5.41, 5.74) is -2.28. The lowest BCUT2D eigenvalue weighted by Crippen LogP contribution is -2.34. The van der Waals surface area contributed by atoms with Gasteiger partial charge in [-0.1, -0.05) is 11.6 Å². The Kier molecular flexibility index (Phi) is 4.03. The smallest absolute Gasteiger partial charge is 0.389 e. The molecule has 1 saturated heterocycles. The van der Waals surface area contributed by atoms with E-state index in [9.17, 15) is 26.7 Å². The highest BCUT2D eigenvalue weighted by Gasteiger charge is 2.40. The molecular weight excluding hydrogens is 331 g/mol.